The predicted molar refractivity (Wildman–Crippen MR) is 86.6 cm³/mol. The highest BCUT2D eigenvalue weighted by Gasteiger charge is 2.35. The number of nitrogens with one attached hydrogen (secondary N) is 1. The first-order valence-electron chi connectivity index (χ1n) is 7.09. The third-order valence-electron chi connectivity index (χ3n) is 4.18. The third kappa shape index (κ3) is 2.84. The van der Waals surface area contributed by atoms with Gasteiger partial charge in [-0.05, 0) is 17.8 Å². The summed E-state index contributed by atoms with van der Waals surface area (Å²) in [5.74, 6) is 0.350. The lowest BCUT2D eigenvalue weighted by molar-refractivity contribution is 0.0965. The number of nitriles is 1. The number of anilines is 2. The van der Waals surface area contributed by atoms with E-state index in [0.717, 1.165) is 24.5 Å². The molecule has 114 valence electrons. The summed E-state index contributed by atoms with van der Waals surface area (Å²) in [5, 5.41) is 12.6. The molecule has 3 N–H and O–H groups in total. The molecule has 1 aliphatic rings. The van der Waals surface area contributed by atoms with Crippen LogP contribution in [-0.2, 0) is 0 Å². The number of nitrogens with two attached hydrogens (primary N) is 1. The first kappa shape index (κ1) is 15.6. The lowest BCUT2D eigenvalue weighted by Gasteiger charge is -2.27. The van der Waals surface area contributed by atoms with E-state index >= 15 is 0 Å². The van der Waals surface area contributed by atoms with Crippen molar-refractivity contribution in [3.05, 3.63) is 10.4 Å². The quantitative estimate of drug-likeness (QED) is 0.879. The van der Waals surface area contributed by atoms with E-state index in [1.54, 1.807) is 7.05 Å². The van der Waals surface area contributed by atoms with Crippen LogP contribution in [0.2, 0.25) is 0 Å². The fraction of sp³-hybridized carbons (Fsp3) is 0.600. The van der Waals surface area contributed by atoms with Gasteiger partial charge in [-0.15, -0.1) is 11.3 Å². The van der Waals surface area contributed by atoms with Gasteiger partial charge in [-0.25, -0.2) is 0 Å². The molecule has 1 aromatic rings. The summed E-state index contributed by atoms with van der Waals surface area (Å²) in [6.45, 7) is 8.52. The van der Waals surface area contributed by atoms with Crippen molar-refractivity contribution >= 4 is 27.9 Å². The second-order valence-electron chi connectivity index (χ2n) is 6.51. The van der Waals surface area contributed by atoms with Crippen molar-refractivity contribution in [1.29, 1.82) is 5.26 Å². The van der Waals surface area contributed by atoms with Gasteiger partial charge in [0.05, 0.1) is 11.3 Å². The van der Waals surface area contributed by atoms with Crippen molar-refractivity contribution in [2.24, 2.45) is 11.3 Å². The highest BCUT2D eigenvalue weighted by atomic mass is 32.1. The number of carbonyl (C=O) groups excluding carboxylic acids is 1. The number of carbonyl (C=O) groups is 1. The number of rotatable bonds is 2. The van der Waals surface area contributed by atoms with Crippen LogP contribution in [-0.4, -0.2) is 26.0 Å². The SMILES string of the molecule is CNC(=O)c1c(N2CCC(C(C)(C)C)C2)sc(C#N)c1N. The van der Waals surface area contributed by atoms with Crippen LogP contribution in [0, 0.1) is 22.7 Å². The molecule has 21 heavy (non-hydrogen) atoms. The second kappa shape index (κ2) is 5.57. The van der Waals surface area contributed by atoms with Crippen molar-refractivity contribution in [2.45, 2.75) is 27.2 Å². The fourth-order valence-electron chi connectivity index (χ4n) is 2.73. The maximum Gasteiger partial charge on any atom is 0.256 e. The summed E-state index contributed by atoms with van der Waals surface area (Å²) >= 11 is 1.32. The molecule has 1 amide bonds. The van der Waals surface area contributed by atoms with Crippen LogP contribution in [0.25, 0.3) is 0 Å². The molecule has 0 radical (unpaired) electrons. The minimum absolute atomic E-state index is 0.223. The summed E-state index contributed by atoms with van der Waals surface area (Å²) in [6.07, 6.45) is 1.09. The fourth-order valence-corrected chi connectivity index (χ4v) is 3.78. The van der Waals surface area contributed by atoms with Crippen molar-refractivity contribution in [1.82, 2.24) is 5.32 Å². The van der Waals surface area contributed by atoms with Crippen molar-refractivity contribution in [3.8, 4) is 6.07 Å². The smallest absolute Gasteiger partial charge is 0.256 e. The number of thiophene rings is 1. The van der Waals surface area contributed by atoms with Crippen LogP contribution >= 0.6 is 11.3 Å². The van der Waals surface area contributed by atoms with E-state index in [2.05, 4.69) is 37.1 Å². The van der Waals surface area contributed by atoms with Crippen LogP contribution < -0.4 is 16.0 Å². The largest absolute Gasteiger partial charge is 0.396 e. The van der Waals surface area contributed by atoms with Crippen molar-refractivity contribution < 1.29 is 4.79 Å². The van der Waals surface area contributed by atoms with Gasteiger partial charge in [-0.3, -0.25) is 4.79 Å². The van der Waals surface area contributed by atoms with Crippen LogP contribution in [0.1, 0.15) is 42.4 Å². The van der Waals surface area contributed by atoms with E-state index in [9.17, 15) is 4.79 Å². The van der Waals surface area contributed by atoms with Gasteiger partial charge < -0.3 is 16.0 Å². The summed E-state index contributed by atoms with van der Waals surface area (Å²) in [5.41, 5.74) is 6.97. The molecule has 1 unspecified atom stereocenters. The summed E-state index contributed by atoms with van der Waals surface area (Å²) in [4.78, 5) is 14.7. The molecule has 1 aromatic heterocycles. The molecule has 0 saturated carbocycles. The van der Waals surface area contributed by atoms with Crippen LogP contribution in [0.15, 0.2) is 0 Å². The van der Waals surface area contributed by atoms with Gasteiger partial charge in [0, 0.05) is 20.1 Å². The predicted octanol–water partition coefficient (Wildman–Crippen LogP) is 2.43. The second-order valence-corrected chi connectivity index (χ2v) is 7.51. The van der Waals surface area contributed by atoms with Gasteiger partial charge in [-0.1, -0.05) is 20.8 Å². The van der Waals surface area contributed by atoms with Crippen molar-refractivity contribution in [2.75, 3.05) is 30.8 Å². The lowest BCUT2D eigenvalue weighted by Crippen LogP contribution is -2.27. The maximum absolute atomic E-state index is 12.1. The molecule has 0 bridgehead atoms. The third-order valence-corrected chi connectivity index (χ3v) is 5.35. The Morgan fingerprint density at radius 3 is 2.67 bits per heavy atom. The Morgan fingerprint density at radius 2 is 2.19 bits per heavy atom. The molecule has 0 aliphatic carbocycles. The molecule has 2 heterocycles. The topological polar surface area (TPSA) is 82.2 Å². The van der Waals surface area contributed by atoms with E-state index in [0.29, 0.717) is 22.0 Å². The van der Waals surface area contributed by atoms with Gasteiger partial charge in [-0.2, -0.15) is 5.26 Å². The zero-order chi connectivity index (χ0) is 15.8. The van der Waals surface area contributed by atoms with Gasteiger partial charge in [0.15, 0.2) is 0 Å². The van der Waals surface area contributed by atoms with Gasteiger partial charge >= 0.3 is 0 Å². The Bertz CT molecular complexity index is 594. The lowest BCUT2D eigenvalue weighted by atomic mass is 9.80. The summed E-state index contributed by atoms with van der Waals surface area (Å²) in [6, 6.07) is 2.09. The Hall–Kier alpha value is -1.74. The van der Waals surface area contributed by atoms with Gasteiger partial charge in [0.1, 0.15) is 15.9 Å². The van der Waals surface area contributed by atoms with Crippen LogP contribution in [0.4, 0.5) is 10.7 Å². The molecule has 0 spiro atoms. The van der Waals surface area contributed by atoms with Crippen LogP contribution in [0.5, 0.6) is 0 Å². The molecule has 1 fully saturated rings. The normalized spacial score (nSPS) is 18.6. The van der Waals surface area contributed by atoms with Crippen LogP contribution in [0.3, 0.4) is 0 Å². The number of hydrogen-bond acceptors (Lipinski definition) is 5. The molecule has 1 aliphatic heterocycles. The van der Waals surface area contributed by atoms with E-state index in [1.807, 2.05) is 0 Å². The van der Waals surface area contributed by atoms with Crippen molar-refractivity contribution in [3.63, 3.8) is 0 Å². The molecule has 5 nitrogen and oxygen atoms in total. The Kier molecular flexibility index (Phi) is 4.15. The molecule has 2 rings (SSSR count). The van der Waals surface area contributed by atoms with E-state index in [4.69, 9.17) is 11.0 Å². The molecule has 6 heteroatoms. The summed E-state index contributed by atoms with van der Waals surface area (Å²) in [7, 11) is 1.58. The molecule has 1 saturated heterocycles. The highest BCUT2D eigenvalue weighted by Crippen LogP contribution is 2.42. The highest BCUT2D eigenvalue weighted by molar-refractivity contribution is 7.17. The monoisotopic (exact) mass is 306 g/mol. The Labute approximate surface area is 129 Å². The number of nitrogen functional groups attached to an aromatic ring is 1. The average molecular weight is 306 g/mol. The first-order valence-corrected chi connectivity index (χ1v) is 7.90. The van der Waals surface area contributed by atoms with Gasteiger partial charge in [0.2, 0.25) is 0 Å². The van der Waals surface area contributed by atoms with E-state index < -0.39 is 0 Å². The maximum atomic E-state index is 12.1. The zero-order valence-electron chi connectivity index (χ0n) is 13.0. The van der Waals surface area contributed by atoms with E-state index in [-0.39, 0.29) is 11.3 Å². The Balaban J connectivity index is 2.37. The summed E-state index contributed by atoms with van der Waals surface area (Å²) < 4.78 is 0. The van der Waals surface area contributed by atoms with E-state index in [1.165, 1.54) is 11.3 Å². The minimum Gasteiger partial charge on any atom is -0.396 e. The number of amides is 1. The standard InChI is InChI=1S/C15H22N4OS/c1-15(2,3)9-5-6-19(8-9)14-11(13(20)18-4)12(17)10(7-16)21-14/h9H,5-6,8,17H2,1-4H3,(H,18,20). The minimum atomic E-state index is -0.223. The number of nitrogens with zero attached hydrogens (tertiary/aromatic N) is 2. The first-order chi connectivity index (χ1) is 9.79. The van der Waals surface area contributed by atoms with Gasteiger partial charge in [0.25, 0.3) is 5.91 Å². The Morgan fingerprint density at radius 1 is 1.52 bits per heavy atom. The molecular formula is C15H22N4OS. The average Bonchev–Trinajstić information content (AvgIpc) is 3.01. The zero-order valence-corrected chi connectivity index (χ0v) is 13.8. The molecule has 1 atom stereocenters. The molecular weight excluding hydrogens is 284 g/mol. The number of hydrogen-bond donors (Lipinski definition) is 2. The molecule has 0 aromatic carbocycles.